The Morgan fingerprint density at radius 2 is 1.56 bits per heavy atom. The zero-order valence-electron chi connectivity index (χ0n) is 18.0. The Morgan fingerprint density at radius 1 is 0.906 bits per heavy atom. The van der Waals surface area contributed by atoms with Gasteiger partial charge in [0, 0.05) is 40.1 Å². The Bertz CT molecular complexity index is 1110. The van der Waals surface area contributed by atoms with Gasteiger partial charge in [-0.1, -0.05) is 40.2 Å². The topological polar surface area (TPSA) is 73.8 Å². The SMILES string of the molecule is CCN(CC)c1ccc(C=NNC(=O)c2cccc(NC(=O)c3cccc(Br)c3)c2)cc1. The van der Waals surface area contributed by atoms with Crippen LogP contribution < -0.4 is 15.6 Å². The van der Waals surface area contributed by atoms with E-state index in [2.05, 4.69) is 50.5 Å². The molecule has 32 heavy (non-hydrogen) atoms. The van der Waals surface area contributed by atoms with Gasteiger partial charge in [-0.3, -0.25) is 9.59 Å². The molecule has 0 bridgehead atoms. The zero-order valence-corrected chi connectivity index (χ0v) is 19.6. The summed E-state index contributed by atoms with van der Waals surface area (Å²) in [6, 6.07) is 21.8. The second kappa shape index (κ2) is 11.2. The van der Waals surface area contributed by atoms with Crippen LogP contribution in [0.25, 0.3) is 0 Å². The summed E-state index contributed by atoms with van der Waals surface area (Å²) in [6.45, 7) is 6.13. The van der Waals surface area contributed by atoms with Gasteiger partial charge in [0.05, 0.1) is 6.21 Å². The molecular formula is C25H25BrN4O2. The maximum Gasteiger partial charge on any atom is 0.271 e. The fourth-order valence-corrected chi connectivity index (χ4v) is 3.56. The second-order valence-electron chi connectivity index (χ2n) is 7.01. The summed E-state index contributed by atoms with van der Waals surface area (Å²) < 4.78 is 0.818. The number of anilines is 2. The summed E-state index contributed by atoms with van der Waals surface area (Å²) in [5.41, 5.74) is 6.00. The van der Waals surface area contributed by atoms with E-state index in [9.17, 15) is 9.59 Å². The molecule has 0 radical (unpaired) electrons. The molecule has 0 fully saturated rings. The molecule has 0 atom stereocenters. The van der Waals surface area contributed by atoms with Crippen molar-refractivity contribution in [1.29, 1.82) is 0 Å². The molecule has 2 amide bonds. The fraction of sp³-hybridized carbons (Fsp3) is 0.160. The number of halogens is 1. The maximum atomic E-state index is 12.5. The van der Waals surface area contributed by atoms with Crippen LogP contribution in [0.4, 0.5) is 11.4 Å². The number of nitrogens with zero attached hydrogens (tertiary/aromatic N) is 2. The minimum Gasteiger partial charge on any atom is -0.372 e. The molecule has 0 saturated carbocycles. The summed E-state index contributed by atoms with van der Waals surface area (Å²) in [4.78, 5) is 27.1. The molecule has 164 valence electrons. The average Bonchev–Trinajstić information content (AvgIpc) is 2.81. The molecule has 0 unspecified atom stereocenters. The number of hydrogen-bond donors (Lipinski definition) is 2. The van der Waals surface area contributed by atoms with Crippen molar-refractivity contribution < 1.29 is 9.59 Å². The molecule has 0 heterocycles. The van der Waals surface area contributed by atoms with Crippen molar-refractivity contribution in [1.82, 2.24) is 5.43 Å². The van der Waals surface area contributed by atoms with E-state index in [1.807, 2.05) is 30.3 Å². The first kappa shape index (κ1) is 23.2. The quantitative estimate of drug-likeness (QED) is 0.330. The lowest BCUT2D eigenvalue weighted by Crippen LogP contribution is -2.21. The Hall–Kier alpha value is -3.45. The molecule has 0 saturated heterocycles. The first-order valence-electron chi connectivity index (χ1n) is 10.4. The van der Waals surface area contributed by atoms with Crippen LogP contribution >= 0.6 is 15.9 Å². The summed E-state index contributed by atoms with van der Waals surface area (Å²) in [7, 11) is 0. The molecule has 7 heteroatoms. The van der Waals surface area contributed by atoms with Crippen molar-refractivity contribution in [2.45, 2.75) is 13.8 Å². The van der Waals surface area contributed by atoms with E-state index >= 15 is 0 Å². The second-order valence-corrected chi connectivity index (χ2v) is 7.92. The molecule has 0 aliphatic heterocycles. The van der Waals surface area contributed by atoms with E-state index in [-0.39, 0.29) is 11.8 Å². The number of hydrazone groups is 1. The number of amides is 2. The van der Waals surface area contributed by atoms with Crippen LogP contribution in [-0.2, 0) is 0 Å². The van der Waals surface area contributed by atoms with Gasteiger partial charge in [-0.25, -0.2) is 5.43 Å². The molecule has 0 spiro atoms. The monoisotopic (exact) mass is 492 g/mol. The van der Waals surface area contributed by atoms with Crippen molar-refractivity contribution in [2.75, 3.05) is 23.3 Å². The van der Waals surface area contributed by atoms with E-state index in [1.165, 1.54) is 0 Å². The third-order valence-electron chi connectivity index (χ3n) is 4.87. The zero-order chi connectivity index (χ0) is 22.9. The van der Waals surface area contributed by atoms with E-state index < -0.39 is 0 Å². The lowest BCUT2D eigenvalue weighted by molar-refractivity contribution is 0.0953. The summed E-state index contributed by atoms with van der Waals surface area (Å²) >= 11 is 3.36. The van der Waals surface area contributed by atoms with E-state index in [0.29, 0.717) is 16.8 Å². The normalized spacial score (nSPS) is 10.7. The van der Waals surface area contributed by atoms with Crippen molar-refractivity contribution in [2.24, 2.45) is 5.10 Å². The van der Waals surface area contributed by atoms with Gasteiger partial charge < -0.3 is 10.2 Å². The van der Waals surface area contributed by atoms with Gasteiger partial charge in [-0.15, -0.1) is 0 Å². The van der Waals surface area contributed by atoms with Gasteiger partial charge >= 0.3 is 0 Å². The van der Waals surface area contributed by atoms with Crippen molar-refractivity contribution in [3.05, 3.63) is 94.0 Å². The highest BCUT2D eigenvalue weighted by Crippen LogP contribution is 2.16. The Kier molecular flexibility index (Phi) is 8.16. The van der Waals surface area contributed by atoms with E-state index in [4.69, 9.17) is 0 Å². The molecule has 3 aromatic carbocycles. The highest BCUT2D eigenvalue weighted by Gasteiger charge is 2.09. The van der Waals surface area contributed by atoms with Crippen LogP contribution in [0, 0.1) is 0 Å². The molecule has 3 rings (SSSR count). The molecule has 2 N–H and O–H groups in total. The average molecular weight is 493 g/mol. The first-order valence-corrected chi connectivity index (χ1v) is 11.1. The lowest BCUT2D eigenvalue weighted by atomic mass is 10.1. The largest absolute Gasteiger partial charge is 0.372 e. The van der Waals surface area contributed by atoms with Crippen LogP contribution in [0.3, 0.4) is 0 Å². The molecule has 0 aliphatic rings. The smallest absolute Gasteiger partial charge is 0.271 e. The fourth-order valence-electron chi connectivity index (χ4n) is 3.16. The van der Waals surface area contributed by atoms with Gasteiger partial charge in [-0.05, 0) is 67.9 Å². The number of carbonyl (C=O) groups is 2. The van der Waals surface area contributed by atoms with Crippen molar-refractivity contribution in [3.8, 4) is 0 Å². The lowest BCUT2D eigenvalue weighted by Gasteiger charge is -2.20. The van der Waals surface area contributed by atoms with Crippen LogP contribution in [-0.4, -0.2) is 31.1 Å². The van der Waals surface area contributed by atoms with Gasteiger partial charge in [0.2, 0.25) is 0 Å². The minimum absolute atomic E-state index is 0.255. The predicted octanol–water partition coefficient (Wildman–Crippen LogP) is 5.31. The van der Waals surface area contributed by atoms with Crippen LogP contribution in [0.5, 0.6) is 0 Å². The standard InChI is InChI=1S/C25H25BrN4O2/c1-3-30(4-2)23-13-11-18(12-14-23)17-27-29-25(32)20-8-6-10-22(16-20)28-24(31)19-7-5-9-21(26)15-19/h5-17H,3-4H2,1-2H3,(H,28,31)(H,29,32). The van der Waals surface area contributed by atoms with Gasteiger partial charge in [0.1, 0.15) is 0 Å². The Morgan fingerprint density at radius 3 is 2.22 bits per heavy atom. The number of benzene rings is 3. The van der Waals surface area contributed by atoms with Crippen molar-refractivity contribution in [3.63, 3.8) is 0 Å². The Labute approximate surface area is 196 Å². The molecule has 3 aromatic rings. The van der Waals surface area contributed by atoms with Crippen LogP contribution in [0.1, 0.15) is 40.1 Å². The number of nitrogens with one attached hydrogen (secondary N) is 2. The number of carbonyl (C=O) groups excluding carboxylic acids is 2. The highest BCUT2D eigenvalue weighted by atomic mass is 79.9. The predicted molar refractivity (Wildman–Crippen MR) is 134 cm³/mol. The molecule has 0 aromatic heterocycles. The summed E-state index contributed by atoms with van der Waals surface area (Å²) in [5.74, 6) is -0.616. The summed E-state index contributed by atoms with van der Waals surface area (Å²) in [5, 5.41) is 6.85. The summed E-state index contributed by atoms with van der Waals surface area (Å²) in [6.07, 6.45) is 1.60. The maximum absolute atomic E-state index is 12.5. The van der Waals surface area contributed by atoms with Gasteiger partial charge in [0.25, 0.3) is 11.8 Å². The van der Waals surface area contributed by atoms with E-state index in [0.717, 1.165) is 28.8 Å². The number of hydrogen-bond acceptors (Lipinski definition) is 4. The van der Waals surface area contributed by atoms with Gasteiger partial charge in [-0.2, -0.15) is 5.10 Å². The highest BCUT2D eigenvalue weighted by molar-refractivity contribution is 9.10. The van der Waals surface area contributed by atoms with Crippen molar-refractivity contribution >= 4 is 45.3 Å². The molecular weight excluding hydrogens is 468 g/mol. The minimum atomic E-state index is -0.362. The van der Waals surface area contributed by atoms with E-state index in [1.54, 1.807) is 48.7 Å². The van der Waals surface area contributed by atoms with Gasteiger partial charge in [0.15, 0.2) is 0 Å². The first-order chi connectivity index (χ1) is 15.5. The molecule has 0 aliphatic carbocycles. The Balaban J connectivity index is 1.60. The van der Waals surface area contributed by atoms with Crippen LogP contribution in [0.2, 0.25) is 0 Å². The third-order valence-corrected chi connectivity index (χ3v) is 5.36. The number of rotatable bonds is 8. The van der Waals surface area contributed by atoms with Crippen LogP contribution in [0.15, 0.2) is 82.4 Å². The molecule has 6 nitrogen and oxygen atoms in total. The third kappa shape index (κ3) is 6.28.